The van der Waals surface area contributed by atoms with E-state index in [0.29, 0.717) is 17.5 Å². The number of hydrogen-bond donors (Lipinski definition) is 0. The zero-order valence-electron chi connectivity index (χ0n) is 10.1. The molecule has 0 saturated heterocycles. The van der Waals surface area contributed by atoms with Gasteiger partial charge < -0.3 is 0 Å². The van der Waals surface area contributed by atoms with Gasteiger partial charge in [0.25, 0.3) is 0 Å². The lowest BCUT2D eigenvalue weighted by Gasteiger charge is -2.02. The third kappa shape index (κ3) is 2.44. The first-order valence-electron chi connectivity index (χ1n) is 5.74. The highest BCUT2D eigenvalue weighted by atomic mass is 16.1. The number of pyridine rings is 1. The quantitative estimate of drug-likeness (QED) is 0.769. The van der Waals surface area contributed by atoms with Crippen LogP contribution in [0.4, 0.5) is 0 Å². The number of Topliss-reactive ketones (excluding diaryl/α,β-unsaturated/α-hetero) is 1. The van der Waals surface area contributed by atoms with Crippen LogP contribution in [0.25, 0.3) is 11.3 Å². The van der Waals surface area contributed by atoms with E-state index in [4.69, 9.17) is 5.26 Å². The van der Waals surface area contributed by atoms with E-state index in [1.165, 1.54) is 0 Å². The lowest BCUT2D eigenvalue weighted by molar-refractivity contribution is 0.0988. The molecule has 0 aliphatic rings. The van der Waals surface area contributed by atoms with Crippen molar-refractivity contribution in [2.75, 3.05) is 0 Å². The molecule has 2 rings (SSSR count). The Kier molecular flexibility index (Phi) is 3.49. The lowest BCUT2D eigenvalue weighted by Crippen LogP contribution is -1.97. The Morgan fingerprint density at radius 2 is 1.94 bits per heavy atom. The van der Waals surface area contributed by atoms with Gasteiger partial charge in [0.15, 0.2) is 5.78 Å². The van der Waals surface area contributed by atoms with Crippen molar-refractivity contribution in [3.8, 4) is 17.3 Å². The van der Waals surface area contributed by atoms with Crippen LogP contribution in [0.3, 0.4) is 0 Å². The van der Waals surface area contributed by atoms with E-state index < -0.39 is 0 Å². The lowest BCUT2D eigenvalue weighted by atomic mass is 10.1. The van der Waals surface area contributed by atoms with E-state index in [2.05, 4.69) is 11.1 Å². The van der Waals surface area contributed by atoms with Gasteiger partial charge in [-0.15, -0.1) is 0 Å². The second kappa shape index (κ2) is 5.24. The molecule has 0 atom stereocenters. The Labute approximate surface area is 106 Å². The molecule has 0 amide bonds. The predicted molar refractivity (Wildman–Crippen MR) is 69.0 cm³/mol. The molecule has 2 aromatic rings. The molecule has 0 radical (unpaired) electrons. The summed E-state index contributed by atoms with van der Waals surface area (Å²) in [6.07, 6.45) is 2.08. The van der Waals surface area contributed by atoms with Crippen LogP contribution in [-0.4, -0.2) is 10.8 Å². The van der Waals surface area contributed by atoms with Crippen LogP contribution < -0.4 is 0 Å². The highest BCUT2D eigenvalue weighted by molar-refractivity contribution is 5.95. The summed E-state index contributed by atoms with van der Waals surface area (Å²) in [5.74, 6) is 0.0916. The molecule has 3 heteroatoms. The molecule has 0 aliphatic carbocycles. The van der Waals surface area contributed by atoms with Gasteiger partial charge in [-0.05, 0) is 24.3 Å². The Morgan fingerprint density at radius 3 is 2.44 bits per heavy atom. The number of carbonyl (C=O) groups is 1. The van der Waals surface area contributed by atoms with Gasteiger partial charge in [-0.3, -0.25) is 9.78 Å². The molecule has 0 spiro atoms. The SMILES string of the molecule is CCC(=O)c1ccc(-c2ccc(C#N)cc2)nc1. The summed E-state index contributed by atoms with van der Waals surface area (Å²) in [5, 5.41) is 8.72. The molecular formula is C15H12N2O. The van der Waals surface area contributed by atoms with Crippen LogP contribution in [0.15, 0.2) is 42.6 Å². The standard InChI is InChI=1S/C15H12N2O/c1-2-15(18)13-7-8-14(17-10-13)12-5-3-11(9-16)4-6-12/h3-8,10H,2H2,1H3. The number of benzene rings is 1. The third-order valence-corrected chi connectivity index (χ3v) is 2.72. The van der Waals surface area contributed by atoms with Crippen LogP contribution in [0.2, 0.25) is 0 Å². The summed E-state index contributed by atoms with van der Waals surface area (Å²) in [4.78, 5) is 15.7. The average Bonchev–Trinajstić information content (AvgIpc) is 2.47. The molecule has 0 saturated carbocycles. The molecule has 0 bridgehead atoms. The van der Waals surface area contributed by atoms with Gasteiger partial charge in [0.05, 0.1) is 17.3 Å². The zero-order valence-corrected chi connectivity index (χ0v) is 10.1. The van der Waals surface area contributed by atoms with Crippen molar-refractivity contribution in [3.05, 3.63) is 53.7 Å². The predicted octanol–water partition coefficient (Wildman–Crippen LogP) is 3.21. The van der Waals surface area contributed by atoms with Crippen molar-refractivity contribution in [3.63, 3.8) is 0 Å². The molecule has 88 valence electrons. The first-order valence-corrected chi connectivity index (χ1v) is 5.74. The largest absolute Gasteiger partial charge is 0.294 e. The molecule has 1 heterocycles. The minimum absolute atomic E-state index is 0.0916. The zero-order chi connectivity index (χ0) is 13.0. The number of nitriles is 1. The topological polar surface area (TPSA) is 53.8 Å². The summed E-state index contributed by atoms with van der Waals surface area (Å²) in [5.41, 5.74) is 2.99. The summed E-state index contributed by atoms with van der Waals surface area (Å²) < 4.78 is 0. The molecule has 3 nitrogen and oxygen atoms in total. The van der Waals surface area contributed by atoms with Crippen molar-refractivity contribution in [1.29, 1.82) is 5.26 Å². The molecule has 1 aromatic carbocycles. The van der Waals surface area contributed by atoms with Gasteiger partial charge in [0.2, 0.25) is 0 Å². The number of nitrogens with zero attached hydrogens (tertiary/aromatic N) is 2. The van der Waals surface area contributed by atoms with Crippen molar-refractivity contribution in [1.82, 2.24) is 4.98 Å². The first-order chi connectivity index (χ1) is 8.74. The minimum atomic E-state index is 0.0916. The van der Waals surface area contributed by atoms with Gasteiger partial charge in [-0.2, -0.15) is 5.26 Å². The van der Waals surface area contributed by atoms with Gasteiger partial charge in [-0.1, -0.05) is 19.1 Å². The Balaban J connectivity index is 2.29. The Morgan fingerprint density at radius 1 is 1.22 bits per heavy atom. The highest BCUT2D eigenvalue weighted by Gasteiger charge is 2.04. The van der Waals surface area contributed by atoms with Gasteiger partial charge in [-0.25, -0.2) is 0 Å². The van der Waals surface area contributed by atoms with Crippen LogP contribution in [0.1, 0.15) is 29.3 Å². The van der Waals surface area contributed by atoms with Gasteiger partial charge in [0.1, 0.15) is 0 Å². The Hall–Kier alpha value is -2.47. The normalized spacial score (nSPS) is 9.78. The van der Waals surface area contributed by atoms with Crippen molar-refractivity contribution >= 4 is 5.78 Å². The molecule has 0 unspecified atom stereocenters. The summed E-state index contributed by atoms with van der Waals surface area (Å²) >= 11 is 0. The maximum atomic E-state index is 11.5. The van der Waals surface area contributed by atoms with E-state index >= 15 is 0 Å². The summed E-state index contributed by atoms with van der Waals surface area (Å²) in [6.45, 7) is 1.83. The maximum absolute atomic E-state index is 11.5. The minimum Gasteiger partial charge on any atom is -0.294 e. The number of ketones is 1. The summed E-state index contributed by atoms with van der Waals surface area (Å²) in [6, 6.07) is 12.9. The van der Waals surface area contributed by atoms with Crippen molar-refractivity contribution < 1.29 is 4.79 Å². The van der Waals surface area contributed by atoms with E-state index in [1.807, 2.05) is 25.1 Å². The molecular weight excluding hydrogens is 224 g/mol. The first kappa shape index (κ1) is 12.0. The van der Waals surface area contributed by atoms with Crippen LogP contribution in [0, 0.1) is 11.3 Å². The highest BCUT2D eigenvalue weighted by Crippen LogP contribution is 2.17. The smallest absolute Gasteiger partial charge is 0.164 e. The Bertz CT molecular complexity index is 592. The van der Waals surface area contributed by atoms with Crippen LogP contribution in [-0.2, 0) is 0 Å². The second-order valence-electron chi connectivity index (χ2n) is 3.90. The fourth-order valence-electron chi connectivity index (χ4n) is 1.65. The molecule has 0 aliphatic heterocycles. The summed E-state index contributed by atoms with van der Waals surface area (Å²) in [7, 11) is 0. The van der Waals surface area contributed by atoms with Crippen LogP contribution in [0.5, 0.6) is 0 Å². The van der Waals surface area contributed by atoms with E-state index in [1.54, 1.807) is 24.4 Å². The monoisotopic (exact) mass is 236 g/mol. The van der Waals surface area contributed by atoms with Crippen molar-refractivity contribution in [2.45, 2.75) is 13.3 Å². The van der Waals surface area contributed by atoms with Crippen molar-refractivity contribution in [2.24, 2.45) is 0 Å². The molecule has 18 heavy (non-hydrogen) atoms. The number of aromatic nitrogens is 1. The second-order valence-corrected chi connectivity index (χ2v) is 3.90. The van der Waals surface area contributed by atoms with Gasteiger partial charge >= 0.3 is 0 Å². The average molecular weight is 236 g/mol. The van der Waals surface area contributed by atoms with E-state index in [-0.39, 0.29) is 5.78 Å². The molecule has 0 N–H and O–H groups in total. The number of carbonyl (C=O) groups excluding carboxylic acids is 1. The van der Waals surface area contributed by atoms with E-state index in [9.17, 15) is 4.79 Å². The number of hydrogen-bond acceptors (Lipinski definition) is 3. The van der Waals surface area contributed by atoms with Crippen LogP contribution >= 0.6 is 0 Å². The fraction of sp³-hybridized carbons (Fsp3) is 0.133. The van der Waals surface area contributed by atoms with Gasteiger partial charge in [0, 0.05) is 23.7 Å². The number of rotatable bonds is 3. The molecule has 1 aromatic heterocycles. The third-order valence-electron chi connectivity index (χ3n) is 2.72. The fourth-order valence-corrected chi connectivity index (χ4v) is 1.65. The van der Waals surface area contributed by atoms with E-state index in [0.717, 1.165) is 11.3 Å². The maximum Gasteiger partial charge on any atom is 0.164 e. The molecule has 0 fully saturated rings.